The molecule has 1 aliphatic heterocycles. The molecule has 2 aromatic carbocycles. The van der Waals surface area contributed by atoms with Crippen molar-refractivity contribution >= 4 is 23.4 Å². The summed E-state index contributed by atoms with van der Waals surface area (Å²) in [6, 6.07) is 19.5. The van der Waals surface area contributed by atoms with Gasteiger partial charge in [-0.3, -0.25) is 24.3 Å². The highest BCUT2D eigenvalue weighted by atomic mass is 16.2. The van der Waals surface area contributed by atoms with Crippen molar-refractivity contribution in [1.29, 1.82) is 0 Å². The van der Waals surface area contributed by atoms with Gasteiger partial charge < -0.3 is 5.32 Å². The van der Waals surface area contributed by atoms with Crippen molar-refractivity contribution in [3.8, 4) is 16.9 Å². The number of hydrogen-bond donors (Lipinski definition) is 1. The van der Waals surface area contributed by atoms with E-state index in [1.807, 2.05) is 42.5 Å². The number of aromatic nitrogens is 3. The lowest BCUT2D eigenvalue weighted by Gasteiger charge is -2.07. The van der Waals surface area contributed by atoms with Crippen molar-refractivity contribution in [2.45, 2.75) is 0 Å². The minimum absolute atomic E-state index is 0.209. The van der Waals surface area contributed by atoms with Gasteiger partial charge in [0.05, 0.1) is 22.5 Å². The van der Waals surface area contributed by atoms with Gasteiger partial charge in [-0.1, -0.05) is 18.2 Å². The second-order valence-electron chi connectivity index (χ2n) is 7.28. The van der Waals surface area contributed by atoms with Crippen LogP contribution in [-0.2, 0) is 0 Å². The molecule has 5 rings (SSSR count). The minimum Gasteiger partial charge on any atom is -0.321 e. The summed E-state index contributed by atoms with van der Waals surface area (Å²) in [7, 11) is 1.43. The number of hydrogen-bond acceptors (Lipinski definition) is 5. The number of para-hydroxylation sites is 1. The summed E-state index contributed by atoms with van der Waals surface area (Å²) in [5.74, 6) is -1.18. The summed E-state index contributed by atoms with van der Waals surface area (Å²) >= 11 is 0. The molecule has 32 heavy (non-hydrogen) atoms. The molecular formula is C24H17N5O3. The van der Waals surface area contributed by atoms with E-state index < -0.39 is 11.8 Å². The van der Waals surface area contributed by atoms with Gasteiger partial charge in [0.2, 0.25) is 0 Å². The van der Waals surface area contributed by atoms with Crippen LogP contribution in [0.2, 0.25) is 0 Å². The van der Waals surface area contributed by atoms with Gasteiger partial charge in [-0.15, -0.1) is 0 Å². The quantitative estimate of drug-likeness (QED) is 0.508. The van der Waals surface area contributed by atoms with Crippen LogP contribution in [0, 0.1) is 0 Å². The highest BCUT2D eigenvalue weighted by molar-refractivity contribution is 6.21. The average molecular weight is 423 g/mol. The molecule has 3 amide bonds. The number of imide groups is 1. The first-order chi connectivity index (χ1) is 15.5. The Hall–Kier alpha value is -4.59. The average Bonchev–Trinajstić information content (AvgIpc) is 3.37. The van der Waals surface area contributed by atoms with E-state index in [4.69, 9.17) is 0 Å². The summed E-state index contributed by atoms with van der Waals surface area (Å²) < 4.78 is 1.70. The first-order valence-electron chi connectivity index (χ1n) is 9.86. The van der Waals surface area contributed by atoms with Crippen molar-refractivity contribution < 1.29 is 14.4 Å². The molecule has 1 aliphatic rings. The lowest BCUT2D eigenvalue weighted by Crippen LogP contribution is -2.24. The van der Waals surface area contributed by atoms with Crippen LogP contribution in [0.5, 0.6) is 0 Å². The number of fused-ring (bicyclic) bond motifs is 1. The molecule has 0 fully saturated rings. The number of pyridine rings is 1. The van der Waals surface area contributed by atoms with Crippen molar-refractivity contribution in [3.05, 3.63) is 95.9 Å². The third-order valence-corrected chi connectivity index (χ3v) is 5.27. The van der Waals surface area contributed by atoms with E-state index in [1.54, 1.807) is 35.3 Å². The van der Waals surface area contributed by atoms with Crippen molar-refractivity contribution in [3.63, 3.8) is 0 Å². The van der Waals surface area contributed by atoms with E-state index in [2.05, 4.69) is 15.4 Å². The summed E-state index contributed by atoms with van der Waals surface area (Å²) in [5.41, 5.74) is 3.61. The van der Waals surface area contributed by atoms with Gasteiger partial charge >= 0.3 is 0 Å². The zero-order valence-corrected chi connectivity index (χ0v) is 17.0. The molecule has 3 heterocycles. The van der Waals surface area contributed by atoms with E-state index in [0.29, 0.717) is 11.3 Å². The molecule has 8 heteroatoms. The normalized spacial score (nSPS) is 12.7. The lowest BCUT2D eigenvalue weighted by molar-refractivity contribution is 0.0692. The van der Waals surface area contributed by atoms with Gasteiger partial charge in [0.25, 0.3) is 17.7 Å². The highest BCUT2D eigenvalue weighted by Crippen LogP contribution is 2.26. The van der Waals surface area contributed by atoms with Gasteiger partial charge in [0.1, 0.15) is 0 Å². The third kappa shape index (κ3) is 3.24. The maximum Gasteiger partial charge on any atom is 0.276 e. The summed E-state index contributed by atoms with van der Waals surface area (Å²) in [6.45, 7) is 0. The number of amides is 3. The standard InChI is InChI=1S/C24H17N5O3/c1-28-23(31)18-8-7-16(13-19(18)24(28)32)26-22(30)20-14-21(15-9-11-25-12-10-15)29(27-20)17-5-3-2-4-6-17/h2-14H,1H3,(H,26,30). The number of anilines is 1. The zero-order chi connectivity index (χ0) is 22.2. The minimum atomic E-state index is -0.430. The molecule has 0 spiro atoms. The highest BCUT2D eigenvalue weighted by Gasteiger charge is 2.32. The van der Waals surface area contributed by atoms with Crippen LogP contribution in [0.25, 0.3) is 16.9 Å². The SMILES string of the molecule is CN1C(=O)c2ccc(NC(=O)c3cc(-c4ccncc4)n(-c4ccccc4)n3)cc2C1=O. The first-order valence-corrected chi connectivity index (χ1v) is 9.86. The fourth-order valence-corrected chi connectivity index (χ4v) is 3.62. The molecule has 0 radical (unpaired) electrons. The Balaban J connectivity index is 1.49. The smallest absolute Gasteiger partial charge is 0.276 e. The number of rotatable bonds is 4. The summed E-state index contributed by atoms with van der Waals surface area (Å²) in [5, 5.41) is 7.29. The van der Waals surface area contributed by atoms with Gasteiger partial charge in [-0.25, -0.2) is 4.68 Å². The van der Waals surface area contributed by atoms with Gasteiger partial charge in [0.15, 0.2) is 5.69 Å². The molecule has 0 bridgehead atoms. The van der Waals surface area contributed by atoms with E-state index in [-0.39, 0.29) is 17.2 Å². The molecule has 0 unspecified atom stereocenters. The number of carbonyl (C=O) groups excluding carboxylic acids is 3. The van der Waals surface area contributed by atoms with Crippen LogP contribution in [0.4, 0.5) is 5.69 Å². The monoisotopic (exact) mass is 423 g/mol. The number of nitrogens with zero attached hydrogens (tertiary/aromatic N) is 4. The van der Waals surface area contributed by atoms with Crippen LogP contribution in [0.15, 0.2) is 79.1 Å². The van der Waals surface area contributed by atoms with Crippen LogP contribution in [0.3, 0.4) is 0 Å². The van der Waals surface area contributed by atoms with Crippen molar-refractivity contribution in [2.24, 2.45) is 0 Å². The second kappa shape index (κ2) is 7.59. The fourth-order valence-electron chi connectivity index (χ4n) is 3.62. The van der Waals surface area contributed by atoms with Crippen LogP contribution in [0.1, 0.15) is 31.2 Å². The molecule has 0 aliphatic carbocycles. The third-order valence-electron chi connectivity index (χ3n) is 5.27. The van der Waals surface area contributed by atoms with Crippen LogP contribution >= 0.6 is 0 Å². The van der Waals surface area contributed by atoms with E-state index >= 15 is 0 Å². The van der Waals surface area contributed by atoms with Crippen LogP contribution in [-0.4, -0.2) is 44.4 Å². The first kappa shape index (κ1) is 19.4. The molecule has 2 aromatic heterocycles. The maximum atomic E-state index is 13.0. The molecular weight excluding hydrogens is 406 g/mol. The van der Waals surface area contributed by atoms with Crippen molar-refractivity contribution in [2.75, 3.05) is 12.4 Å². The van der Waals surface area contributed by atoms with Gasteiger partial charge in [0, 0.05) is 30.7 Å². The number of nitrogens with one attached hydrogen (secondary N) is 1. The molecule has 0 saturated carbocycles. The largest absolute Gasteiger partial charge is 0.321 e. The molecule has 4 aromatic rings. The Labute approximate surface area is 183 Å². The Morgan fingerprint density at radius 1 is 0.875 bits per heavy atom. The predicted molar refractivity (Wildman–Crippen MR) is 118 cm³/mol. The topological polar surface area (TPSA) is 97.2 Å². The van der Waals surface area contributed by atoms with E-state index in [1.165, 1.54) is 13.1 Å². The lowest BCUT2D eigenvalue weighted by atomic mass is 10.1. The summed E-state index contributed by atoms with van der Waals surface area (Å²) in [4.78, 5) is 42.4. The van der Waals surface area contributed by atoms with E-state index in [9.17, 15) is 14.4 Å². The number of carbonyl (C=O) groups is 3. The zero-order valence-electron chi connectivity index (χ0n) is 17.0. The molecule has 0 atom stereocenters. The Bertz CT molecular complexity index is 1310. The fraction of sp³-hybridized carbons (Fsp3) is 0.0417. The number of benzene rings is 2. The summed E-state index contributed by atoms with van der Waals surface area (Å²) in [6.07, 6.45) is 3.36. The van der Waals surface area contributed by atoms with Crippen LogP contribution < -0.4 is 5.32 Å². The predicted octanol–water partition coefficient (Wildman–Crippen LogP) is 3.41. The van der Waals surface area contributed by atoms with Crippen molar-refractivity contribution in [1.82, 2.24) is 19.7 Å². The Morgan fingerprint density at radius 3 is 2.34 bits per heavy atom. The molecule has 1 N–H and O–H groups in total. The second-order valence-corrected chi connectivity index (χ2v) is 7.28. The molecule has 0 saturated heterocycles. The Morgan fingerprint density at radius 2 is 1.59 bits per heavy atom. The molecule has 8 nitrogen and oxygen atoms in total. The van der Waals surface area contributed by atoms with E-state index in [0.717, 1.165) is 21.8 Å². The van der Waals surface area contributed by atoms with Gasteiger partial charge in [-0.2, -0.15) is 5.10 Å². The Kier molecular flexibility index (Phi) is 4.59. The maximum absolute atomic E-state index is 13.0. The molecule has 156 valence electrons. The van der Waals surface area contributed by atoms with Gasteiger partial charge in [-0.05, 0) is 48.5 Å².